The molecular formula is C31H37N3O11. The molecule has 3 atom stereocenters. The molecule has 14 nitrogen and oxygen atoms in total. The van der Waals surface area contributed by atoms with E-state index in [2.05, 4.69) is 0 Å². The molecule has 5 rings (SSSR count). The maximum atomic E-state index is 14.1. The standard InChI is InChI=1S/C31H37N3O11/c1-40-25-17-22-24(18-26(25)42-16-6-8-27(35)41-2)33(31(37)44-19-20-10-12-21(13-11-20)34(38)39)30(45-28-9-3-4-15-43-28)23-7-5-14-32(23)29(22)36/h10-13,17-18,23,28,30H,3-9,14-16,19H2,1-2H3. The molecule has 242 valence electrons. The van der Waals surface area contributed by atoms with Crippen molar-refractivity contribution in [3.05, 3.63) is 57.6 Å². The number of carbonyl (C=O) groups is 3. The second-order valence-corrected chi connectivity index (χ2v) is 10.9. The predicted molar refractivity (Wildman–Crippen MR) is 158 cm³/mol. The monoisotopic (exact) mass is 627 g/mol. The minimum absolute atomic E-state index is 0.0830. The maximum absolute atomic E-state index is 14.1. The van der Waals surface area contributed by atoms with E-state index in [1.54, 1.807) is 17.0 Å². The Labute approximate surface area is 260 Å². The molecule has 3 aliphatic heterocycles. The zero-order valence-electron chi connectivity index (χ0n) is 25.3. The summed E-state index contributed by atoms with van der Waals surface area (Å²) in [5.41, 5.74) is 0.886. The number of benzene rings is 2. The van der Waals surface area contributed by atoms with Crippen LogP contribution in [0.5, 0.6) is 11.5 Å². The zero-order valence-corrected chi connectivity index (χ0v) is 25.3. The molecule has 2 saturated heterocycles. The molecule has 3 aliphatic rings. The van der Waals surface area contributed by atoms with Gasteiger partial charge in [0.05, 0.1) is 43.0 Å². The Morgan fingerprint density at radius 3 is 2.56 bits per heavy atom. The predicted octanol–water partition coefficient (Wildman–Crippen LogP) is 4.57. The van der Waals surface area contributed by atoms with Crippen LogP contribution < -0.4 is 14.4 Å². The van der Waals surface area contributed by atoms with Crippen LogP contribution >= 0.6 is 0 Å². The van der Waals surface area contributed by atoms with Gasteiger partial charge >= 0.3 is 12.1 Å². The Balaban J connectivity index is 1.51. The van der Waals surface area contributed by atoms with E-state index in [0.29, 0.717) is 38.0 Å². The van der Waals surface area contributed by atoms with Crippen LogP contribution in [0.4, 0.5) is 16.2 Å². The molecule has 0 aliphatic carbocycles. The highest BCUT2D eigenvalue weighted by molar-refractivity contribution is 6.06. The van der Waals surface area contributed by atoms with Crippen molar-refractivity contribution in [2.24, 2.45) is 0 Å². The van der Waals surface area contributed by atoms with Gasteiger partial charge in [0.2, 0.25) is 0 Å². The van der Waals surface area contributed by atoms with Gasteiger partial charge in [0.15, 0.2) is 24.0 Å². The van der Waals surface area contributed by atoms with E-state index in [-0.39, 0.29) is 59.9 Å². The van der Waals surface area contributed by atoms with Crippen LogP contribution in [0, 0.1) is 10.1 Å². The first-order valence-electron chi connectivity index (χ1n) is 15.0. The van der Waals surface area contributed by atoms with Crippen LogP contribution in [-0.2, 0) is 30.3 Å². The SMILES string of the molecule is COC(=O)CCCOc1cc2c(cc1OC)C(=O)N1CCCC1C(OC1CCCCO1)N2C(=O)OCc1ccc([N+](=O)[O-])cc1. The number of rotatable bonds is 11. The lowest BCUT2D eigenvalue weighted by Gasteiger charge is -2.38. The Morgan fingerprint density at radius 1 is 1.07 bits per heavy atom. The summed E-state index contributed by atoms with van der Waals surface area (Å²) in [6.45, 7) is 0.971. The number of fused-ring (bicyclic) bond motifs is 2. The van der Waals surface area contributed by atoms with Gasteiger partial charge in [-0.3, -0.25) is 19.7 Å². The molecule has 0 bridgehead atoms. The van der Waals surface area contributed by atoms with Gasteiger partial charge in [0.25, 0.3) is 11.6 Å². The highest BCUT2D eigenvalue weighted by Gasteiger charge is 2.47. The highest BCUT2D eigenvalue weighted by Crippen LogP contribution is 2.42. The molecule has 2 aromatic rings. The Hall–Kier alpha value is -4.43. The van der Waals surface area contributed by atoms with Gasteiger partial charge in [-0.25, -0.2) is 9.69 Å². The lowest BCUT2D eigenvalue weighted by molar-refractivity contribution is -0.384. The number of anilines is 1. The van der Waals surface area contributed by atoms with Crippen molar-refractivity contribution in [2.45, 2.75) is 70.1 Å². The van der Waals surface area contributed by atoms with Gasteiger partial charge in [-0.05, 0) is 62.3 Å². The maximum Gasteiger partial charge on any atom is 0.416 e. The molecule has 0 radical (unpaired) electrons. The molecule has 3 unspecified atom stereocenters. The molecule has 0 N–H and O–H groups in total. The van der Waals surface area contributed by atoms with E-state index in [9.17, 15) is 24.5 Å². The number of esters is 1. The van der Waals surface area contributed by atoms with Gasteiger partial charge < -0.3 is 33.3 Å². The molecule has 3 heterocycles. The van der Waals surface area contributed by atoms with Crippen LogP contribution in [-0.4, -0.2) is 80.3 Å². The number of nitrogens with zero attached hydrogens (tertiary/aromatic N) is 3. The number of hydrogen-bond acceptors (Lipinski definition) is 11. The summed E-state index contributed by atoms with van der Waals surface area (Å²) in [5.74, 6) is -0.112. The van der Waals surface area contributed by atoms with Crippen LogP contribution in [0.25, 0.3) is 0 Å². The van der Waals surface area contributed by atoms with Gasteiger partial charge in [0, 0.05) is 37.8 Å². The van der Waals surface area contributed by atoms with Crippen LogP contribution in [0.2, 0.25) is 0 Å². The first kappa shape index (κ1) is 32.0. The minimum atomic E-state index is -0.939. The largest absolute Gasteiger partial charge is 0.493 e. The van der Waals surface area contributed by atoms with Crippen LogP contribution in [0.3, 0.4) is 0 Å². The quantitative estimate of drug-likeness (QED) is 0.149. The number of nitro groups is 1. The van der Waals surface area contributed by atoms with Crippen molar-refractivity contribution in [1.29, 1.82) is 0 Å². The summed E-state index contributed by atoms with van der Waals surface area (Å²) in [4.78, 5) is 53.3. The second-order valence-electron chi connectivity index (χ2n) is 10.9. The number of amides is 2. The molecule has 2 amide bonds. The van der Waals surface area contributed by atoms with Gasteiger partial charge in [0.1, 0.15) is 6.61 Å². The van der Waals surface area contributed by atoms with Crippen molar-refractivity contribution >= 4 is 29.3 Å². The third kappa shape index (κ3) is 7.28. The number of hydrogen-bond donors (Lipinski definition) is 0. The number of non-ortho nitro benzene ring substituents is 1. The lowest BCUT2D eigenvalue weighted by atomic mass is 10.1. The average molecular weight is 628 g/mol. The third-order valence-electron chi connectivity index (χ3n) is 8.06. The van der Waals surface area contributed by atoms with E-state index in [0.717, 1.165) is 19.3 Å². The van der Waals surface area contributed by atoms with Crippen molar-refractivity contribution in [1.82, 2.24) is 4.90 Å². The first-order valence-corrected chi connectivity index (χ1v) is 15.0. The summed E-state index contributed by atoms with van der Waals surface area (Å²) in [7, 11) is 2.76. The Kier molecular flexibility index (Phi) is 10.4. The highest BCUT2D eigenvalue weighted by atomic mass is 16.7. The average Bonchev–Trinajstić information content (AvgIpc) is 3.52. The fraction of sp³-hybridized carbons (Fsp3) is 0.516. The molecule has 2 fully saturated rings. The van der Waals surface area contributed by atoms with Gasteiger partial charge in [-0.2, -0.15) is 0 Å². The van der Waals surface area contributed by atoms with Gasteiger partial charge in [-0.15, -0.1) is 0 Å². The third-order valence-corrected chi connectivity index (χ3v) is 8.06. The molecule has 0 aromatic heterocycles. The summed E-state index contributed by atoms with van der Waals surface area (Å²) >= 11 is 0. The number of nitro benzene ring substituents is 1. The summed E-state index contributed by atoms with van der Waals surface area (Å²) in [5, 5.41) is 11.1. The molecule has 14 heteroatoms. The topological polar surface area (TPSA) is 156 Å². The van der Waals surface area contributed by atoms with Crippen LogP contribution in [0.15, 0.2) is 36.4 Å². The van der Waals surface area contributed by atoms with Crippen molar-refractivity contribution in [2.75, 3.05) is 38.9 Å². The Morgan fingerprint density at radius 2 is 1.87 bits per heavy atom. The molecule has 45 heavy (non-hydrogen) atoms. The number of methoxy groups -OCH3 is 2. The van der Waals surface area contributed by atoms with E-state index < -0.39 is 29.6 Å². The normalized spacial score (nSPS) is 20.9. The number of carbonyl (C=O) groups excluding carboxylic acids is 3. The Bertz CT molecular complexity index is 1390. The van der Waals surface area contributed by atoms with E-state index in [1.807, 2.05) is 0 Å². The van der Waals surface area contributed by atoms with Crippen LogP contribution in [0.1, 0.15) is 60.9 Å². The van der Waals surface area contributed by atoms with E-state index in [4.69, 9.17) is 28.4 Å². The van der Waals surface area contributed by atoms with Crippen molar-refractivity contribution in [3.8, 4) is 11.5 Å². The minimum Gasteiger partial charge on any atom is -0.493 e. The lowest BCUT2D eigenvalue weighted by Crippen LogP contribution is -2.54. The second kappa shape index (κ2) is 14.6. The number of ether oxygens (including phenoxy) is 6. The van der Waals surface area contributed by atoms with Crippen molar-refractivity contribution < 1.29 is 47.7 Å². The smallest absolute Gasteiger partial charge is 0.416 e. The van der Waals surface area contributed by atoms with Gasteiger partial charge in [-0.1, -0.05) is 0 Å². The molecule has 2 aromatic carbocycles. The summed E-state index contributed by atoms with van der Waals surface area (Å²) in [6.07, 6.45) is 1.96. The fourth-order valence-electron chi connectivity index (χ4n) is 5.75. The van der Waals surface area contributed by atoms with Crippen molar-refractivity contribution in [3.63, 3.8) is 0 Å². The summed E-state index contributed by atoms with van der Waals surface area (Å²) in [6, 6.07) is 8.32. The molecule has 0 saturated carbocycles. The summed E-state index contributed by atoms with van der Waals surface area (Å²) < 4.78 is 34.4. The zero-order chi connectivity index (χ0) is 31.9. The fourth-order valence-corrected chi connectivity index (χ4v) is 5.75. The van der Waals surface area contributed by atoms with E-state index in [1.165, 1.54) is 43.4 Å². The molecule has 0 spiro atoms. The molecular weight excluding hydrogens is 590 g/mol. The van der Waals surface area contributed by atoms with E-state index >= 15 is 0 Å². The first-order chi connectivity index (χ1) is 21.8.